The molecule has 2 unspecified atom stereocenters. The zero-order valence-corrected chi connectivity index (χ0v) is 8.95. The van der Waals surface area contributed by atoms with Crippen LogP contribution in [0.3, 0.4) is 0 Å². The van der Waals surface area contributed by atoms with E-state index in [1.165, 1.54) is 0 Å². The Labute approximate surface area is 81.7 Å². The zero-order valence-electron chi connectivity index (χ0n) is 7.32. The van der Waals surface area contributed by atoms with E-state index in [0.717, 1.165) is 13.8 Å². The molecule has 0 bridgehead atoms. The summed E-state index contributed by atoms with van der Waals surface area (Å²) < 4.78 is 65.1. The molecule has 0 aromatic carbocycles. The molecule has 2 atom stereocenters. The van der Waals surface area contributed by atoms with Crippen molar-refractivity contribution < 1.29 is 34.3 Å². The van der Waals surface area contributed by atoms with Crippen LogP contribution < -0.4 is 0 Å². The van der Waals surface area contributed by atoms with Crippen LogP contribution in [0.25, 0.3) is 0 Å². The highest BCUT2D eigenvalue weighted by atomic mass is 32.3. The summed E-state index contributed by atoms with van der Waals surface area (Å²) >= 11 is 0. The maximum absolute atomic E-state index is 10.2. The average molecular weight is 250 g/mol. The van der Waals surface area contributed by atoms with Gasteiger partial charge in [-0.3, -0.25) is 9.11 Å². The molecular formula is C4H10O8S2. The molecule has 0 aromatic rings. The van der Waals surface area contributed by atoms with Crippen molar-refractivity contribution in [3.8, 4) is 0 Å². The van der Waals surface area contributed by atoms with Crippen LogP contribution in [0, 0.1) is 0 Å². The summed E-state index contributed by atoms with van der Waals surface area (Å²) in [4.78, 5) is 0. The normalized spacial score (nSPS) is 17.7. The van der Waals surface area contributed by atoms with Gasteiger partial charge < -0.3 is 0 Å². The average Bonchev–Trinajstić information content (AvgIpc) is 1.78. The summed E-state index contributed by atoms with van der Waals surface area (Å²) in [7, 11) is -9.36. The molecule has 0 rings (SSSR count). The summed E-state index contributed by atoms with van der Waals surface area (Å²) in [5.41, 5.74) is 0. The van der Waals surface area contributed by atoms with Crippen molar-refractivity contribution in [1.29, 1.82) is 0 Å². The lowest BCUT2D eigenvalue weighted by atomic mass is 10.3. The molecule has 10 heteroatoms. The second-order valence-corrected chi connectivity index (χ2v) is 4.55. The Bertz CT molecular complexity index is 328. The minimum Gasteiger partial charge on any atom is -0.264 e. The van der Waals surface area contributed by atoms with Crippen LogP contribution in [0.2, 0.25) is 0 Å². The molecule has 8 nitrogen and oxygen atoms in total. The second-order valence-electron chi connectivity index (χ2n) is 2.46. The van der Waals surface area contributed by atoms with Crippen molar-refractivity contribution in [2.75, 3.05) is 0 Å². The molecule has 0 aliphatic heterocycles. The minimum absolute atomic E-state index is 1.14. The van der Waals surface area contributed by atoms with Crippen LogP contribution >= 0.6 is 0 Å². The first-order valence-corrected chi connectivity index (χ1v) is 6.05. The Morgan fingerprint density at radius 2 is 1.07 bits per heavy atom. The molecule has 0 saturated carbocycles. The first-order chi connectivity index (χ1) is 6.01. The van der Waals surface area contributed by atoms with Gasteiger partial charge in [-0.05, 0) is 13.8 Å². The topological polar surface area (TPSA) is 127 Å². The summed E-state index contributed by atoms with van der Waals surface area (Å²) in [5.74, 6) is 0. The fourth-order valence-electron chi connectivity index (χ4n) is 0.540. The van der Waals surface area contributed by atoms with E-state index in [1.54, 1.807) is 0 Å². The van der Waals surface area contributed by atoms with E-state index in [-0.39, 0.29) is 0 Å². The summed E-state index contributed by atoms with van der Waals surface area (Å²) in [6.07, 6.45) is -2.51. The predicted octanol–water partition coefficient (Wildman–Crippen LogP) is -0.598. The van der Waals surface area contributed by atoms with Crippen LogP contribution in [-0.2, 0) is 29.2 Å². The Morgan fingerprint density at radius 3 is 1.21 bits per heavy atom. The molecule has 14 heavy (non-hydrogen) atoms. The van der Waals surface area contributed by atoms with Crippen LogP contribution in [0.1, 0.15) is 13.8 Å². The van der Waals surface area contributed by atoms with Crippen LogP contribution in [0.4, 0.5) is 0 Å². The molecule has 0 aliphatic rings. The third kappa shape index (κ3) is 7.17. The largest absolute Gasteiger partial charge is 0.397 e. The smallest absolute Gasteiger partial charge is 0.264 e. The first-order valence-electron chi connectivity index (χ1n) is 3.32. The van der Waals surface area contributed by atoms with Gasteiger partial charge in [0.15, 0.2) is 0 Å². The van der Waals surface area contributed by atoms with Crippen LogP contribution in [0.15, 0.2) is 0 Å². The molecule has 0 aromatic heterocycles. The standard InChI is InChI=1S/C4H10O8S2/c1-3(11-13(5,6)7)4(2)12-14(8,9)10/h3-4H,1-2H3,(H,5,6,7)(H,8,9,10). The predicted molar refractivity (Wildman–Crippen MR) is 44.2 cm³/mol. The van der Waals surface area contributed by atoms with Gasteiger partial charge in [-0.1, -0.05) is 0 Å². The van der Waals surface area contributed by atoms with Crippen molar-refractivity contribution in [3.05, 3.63) is 0 Å². The molecule has 0 aliphatic carbocycles. The van der Waals surface area contributed by atoms with E-state index >= 15 is 0 Å². The molecule has 0 amide bonds. The van der Waals surface area contributed by atoms with Gasteiger partial charge in [0, 0.05) is 0 Å². The quantitative estimate of drug-likeness (QED) is 0.619. The molecular weight excluding hydrogens is 240 g/mol. The van der Waals surface area contributed by atoms with E-state index < -0.39 is 33.0 Å². The third-order valence-electron chi connectivity index (χ3n) is 1.21. The molecule has 0 spiro atoms. The highest BCUT2D eigenvalue weighted by Gasteiger charge is 2.23. The lowest BCUT2D eigenvalue weighted by Crippen LogP contribution is -2.30. The van der Waals surface area contributed by atoms with E-state index in [4.69, 9.17) is 9.11 Å². The van der Waals surface area contributed by atoms with Gasteiger partial charge in [0.05, 0.1) is 0 Å². The molecule has 0 heterocycles. The fourth-order valence-corrected chi connectivity index (χ4v) is 1.62. The number of hydrogen-bond acceptors (Lipinski definition) is 6. The lowest BCUT2D eigenvalue weighted by Gasteiger charge is -2.16. The molecule has 0 saturated heterocycles. The zero-order chi connectivity index (χ0) is 11.6. The molecule has 0 fully saturated rings. The maximum atomic E-state index is 10.2. The first kappa shape index (κ1) is 13.7. The van der Waals surface area contributed by atoms with Gasteiger partial charge in [0.1, 0.15) is 12.2 Å². The molecule has 86 valence electrons. The Morgan fingerprint density at radius 1 is 0.857 bits per heavy atom. The SMILES string of the molecule is CC(OS(=O)(=O)O)C(C)OS(=O)(=O)O. The van der Waals surface area contributed by atoms with Crippen molar-refractivity contribution in [2.45, 2.75) is 26.1 Å². The lowest BCUT2D eigenvalue weighted by molar-refractivity contribution is 0.0685. The Kier molecular flexibility index (Phi) is 4.42. The molecule has 2 N–H and O–H groups in total. The van der Waals surface area contributed by atoms with Gasteiger partial charge >= 0.3 is 20.8 Å². The van der Waals surface area contributed by atoms with Crippen LogP contribution in [-0.4, -0.2) is 38.1 Å². The Balaban J connectivity index is 4.35. The van der Waals surface area contributed by atoms with E-state index in [0.29, 0.717) is 0 Å². The number of rotatable bonds is 5. The second kappa shape index (κ2) is 4.51. The Hall–Kier alpha value is -0.260. The summed E-state index contributed by atoms with van der Waals surface area (Å²) in [5, 5.41) is 0. The molecule has 0 radical (unpaired) electrons. The van der Waals surface area contributed by atoms with Gasteiger partial charge in [-0.25, -0.2) is 8.37 Å². The van der Waals surface area contributed by atoms with Crippen LogP contribution in [0.5, 0.6) is 0 Å². The fraction of sp³-hybridized carbons (Fsp3) is 1.00. The summed E-state index contributed by atoms with van der Waals surface area (Å²) in [6, 6.07) is 0. The van der Waals surface area contributed by atoms with E-state index in [2.05, 4.69) is 8.37 Å². The van der Waals surface area contributed by atoms with E-state index in [1.807, 2.05) is 0 Å². The highest BCUT2D eigenvalue weighted by Crippen LogP contribution is 2.08. The monoisotopic (exact) mass is 250 g/mol. The van der Waals surface area contributed by atoms with Gasteiger partial charge in [0.25, 0.3) is 0 Å². The summed E-state index contributed by atoms with van der Waals surface area (Å²) in [6.45, 7) is 2.28. The van der Waals surface area contributed by atoms with Crippen molar-refractivity contribution in [2.24, 2.45) is 0 Å². The highest BCUT2D eigenvalue weighted by molar-refractivity contribution is 7.81. The van der Waals surface area contributed by atoms with Crippen molar-refractivity contribution in [1.82, 2.24) is 0 Å². The van der Waals surface area contributed by atoms with Crippen molar-refractivity contribution >= 4 is 20.8 Å². The van der Waals surface area contributed by atoms with Gasteiger partial charge in [-0.15, -0.1) is 0 Å². The third-order valence-corrected chi connectivity index (χ3v) is 2.30. The van der Waals surface area contributed by atoms with E-state index in [9.17, 15) is 16.8 Å². The van der Waals surface area contributed by atoms with Crippen molar-refractivity contribution in [3.63, 3.8) is 0 Å². The van der Waals surface area contributed by atoms with Gasteiger partial charge in [-0.2, -0.15) is 16.8 Å². The van der Waals surface area contributed by atoms with Gasteiger partial charge in [0.2, 0.25) is 0 Å². The minimum atomic E-state index is -4.68. The number of hydrogen-bond donors (Lipinski definition) is 2. The maximum Gasteiger partial charge on any atom is 0.397 e.